The molecule has 2 heterocycles. The van der Waals surface area contributed by atoms with Crippen molar-refractivity contribution in [3.63, 3.8) is 0 Å². The fourth-order valence-corrected chi connectivity index (χ4v) is 4.92. The summed E-state index contributed by atoms with van der Waals surface area (Å²) in [5, 5.41) is 3.35. The molecule has 3 N–H and O–H groups in total. The van der Waals surface area contributed by atoms with Gasteiger partial charge in [-0.05, 0) is 56.7 Å². The Morgan fingerprint density at radius 3 is 2.61 bits per heavy atom. The number of nitrogens with zero attached hydrogens (tertiary/aromatic N) is 2. The van der Waals surface area contributed by atoms with Crippen LogP contribution in [0.25, 0.3) is 11.1 Å². The molecule has 0 aliphatic carbocycles. The summed E-state index contributed by atoms with van der Waals surface area (Å²) >= 11 is 12.3. The largest absolute Gasteiger partial charge is 0.482 e. The first-order valence-electron chi connectivity index (χ1n) is 11.4. The van der Waals surface area contributed by atoms with Crippen molar-refractivity contribution in [1.82, 2.24) is 15.2 Å². The number of amides is 1. The van der Waals surface area contributed by atoms with Gasteiger partial charge in [-0.15, -0.1) is 0 Å². The maximum Gasteiger partial charge on any atom is 0.257 e. The molecule has 190 valence electrons. The Kier molecular flexibility index (Phi) is 7.41. The van der Waals surface area contributed by atoms with Gasteiger partial charge in [-0.3, -0.25) is 4.79 Å². The number of carbonyl (C=O) groups is 1. The Morgan fingerprint density at radius 2 is 1.92 bits per heavy atom. The van der Waals surface area contributed by atoms with Crippen molar-refractivity contribution in [2.24, 2.45) is 0 Å². The minimum atomic E-state index is -0.751. The monoisotopic (exact) mass is 534 g/mol. The van der Waals surface area contributed by atoms with E-state index in [-0.39, 0.29) is 38.6 Å². The van der Waals surface area contributed by atoms with E-state index in [0.29, 0.717) is 30.8 Å². The van der Waals surface area contributed by atoms with Crippen molar-refractivity contribution in [3.8, 4) is 16.9 Å². The minimum Gasteiger partial charge on any atom is -0.482 e. The Bertz CT molecular complexity index is 1320. The Labute approximate surface area is 218 Å². The number of hydrogen-bond acceptors (Lipinski definition) is 5. The zero-order valence-corrected chi connectivity index (χ0v) is 21.6. The van der Waals surface area contributed by atoms with E-state index in [1.54, 1.807) is 24.0 Å². The molecule has 4 rings (SSSR count). The standard InChI is InChI=1S/C26H26Cl2F2N4O2/c1-14(22-18(27)6-7-19(29)23(22)28)36-21-11-16(12-33-24(21)31)15-4-5-17(20(30)10-15)25(35)34-9-8-32-13-26(34,2)3/h4-7,10-12,14,32H,8-9,13H2,1-3H3,(H2,31,33). The number of nitrogens with one attached hydrogen (secondary N) is 1. The summed E-state index contributed by atoms with van der Waals surface area (Å²) in [6, 6.07) is 8.55. The number of benzene rings is 2. The van der Waals surface area contributed by atoms with Crippen LogP contribution in [0.5, 0.6) is 5.75 Å². The highest BCUT2D eigenvalue weighted by Crippen LogP contribution is 2.37. The molecule has 1 aromatic heterocycles. The number of aromatic nitrogens is 1. The van der Waals surface area contributed by atoms with Crippen molar-refractivity contribution in [3.05, 3.63) is 75.4 Å². The van der Waals surface area contributed by atoms with Crippen molar-refractivity contribution in [1.29, 1.82) is 0 Å². The molecule has 0 spiro atoms. The Morgan fingerprint density at radius 1 is 1.17 bits per heavy atom. The van der Waals surface area contributed by atoms with Crippen LogP contribution < -0.4 is 15.8 Å². The van der Waals surface area contributed by atoms with Gasteiger partial charge < -0.3 is 20.7 Å². The molecule has 2 aromatic carbocycles. The molecule has 1 saturated heterocycles. The predicted octanol–water partition coefficient (Wildman–Crippen LogP) is 5.88. The number of piperazine rings is 1. The van der Waals surface area contributed by atoms with E-state index in [1.165, 1.54) is 30.5 Å². The number of rotatable bonds is 5. The lowest BCUT2D eigenvalue weighted by Gasteiger charge is -2.42. The first-order chi connectivity index (χ1) is 17.0. The highest BCUT2D eigenvalue weighted by atomic mass is 35.5. The zero-order chi connectivity index (χ0) is 26.2. The van der Waals surface area contributed by atoms with Crippen molar-refractivity contribution in [2.45, 2.75) is 32.4 Å². The number of anilines is 1. The van der Waals surface area contributed by atoms with Crippen LogP contribution in [0.4, 0.5) is 14.6 Å². The van der Waals surface area contributed by atoms with Gasteiger partial charge in [-0.25, -0.2) is 13.8 Å². The predicted molar refractivity (Wildman–Crippen MR) is 137 cm³/mol. The number of pyridine rings is 1. The van der Waals surface area contributed by atoms with Gasteiger partial charge in [0.05, 0.1) is 16.1 Å². The molecular formula is C26H26Cl2F2N4O2. The summed E-state index contributed by atoms with van der Waals surface area (Å²) in [4.78, 5) is 18.9. The van der Waals surface area contributed by atoms with Gasteiger partial charge in [0.25, 0.3) is 5.91 Å². The van der Waals surface area contributed by atoms with Gasteiger partial charge in [0.2, 0.25) is 0 Å². The summed E-state index contributed by atoms with van der Waals surface area (Å²) in [5.41, 5.74) is 6.83. The molecule has 1 amide bonds. The lowest BCUT2D eigenvalue weighted by atomic mass is 9.97. The highest BCUT2D eigenvalue weighted by molar-refractivity contribution is 6.36. The first kappa shape index (κ1) is 26.1. The van der Waals surface area contributed by atoms with Crippen LogP contribution in [0, 0.1) is 11.6 Å². The van der Waals surface area contributed by atoms with Crippen molar-refractivity contribution >= 4 is 34.9 Å². The second-order valence-electron chi connectivity index (χ2n) is 9.26. The van der Waals surface area contributed by atoms with Gasteiger partial charge in [0, 0.05) is 42.0 Å². The van der Waals surface area contributed by atoms with Crippen LogP contribution in [0.1, 0.15) is 42.8 Å². The Hall–Kier alpha value is -2.94. The first-order valence-corrected chi connectivity index (χ1v) is 12.1. The molecule has 1 aliphatic rings. The lowest BCUT2D eigenvalue weighted by molar-refractivity contribution is 0.0473. The molecule has 0 radical (unpaired) electrons. The molecule has 0 bridgehead atoms. The average Bonchev–Trinajstić information content (AvgIpc) is 2.82. The number of carbonyl (C=O) groups excluding carboxylic acids is 1. The number of ether oxygens (including phenoxy) is 1. The molecule has 1 unspecified atom stereocenters. The summed E-state index contributed by atoms with van der Waals surface area (Å²) < 4.78 is 35.0. The van der Waals surface area contributed by atoms with E-state index >= 15 is 4.39 Å². The maximum atomic E-state index is 15.1. The van der Waals surface area contributed by atoms with Gasteiger partial charge in [-0.2, -0.15) is 0 Å². The van der Waals surface area contributed by atoms with E-state index in [4.69, 9.17) is 33.7 Å². The SMILES string of the molecule is CC(Oc1cc(-c2ccc(C(=O)N3CCNCC3(C)C)c(F)c2)cnc1N)c1c(Cl)ccc(F)c1Cl. The Balaban J connectivity index is 1.60. The van der Waals surface area contributed by atoms with Crippen molar-refractivity contribution in [2.75, 3.05) is 25.4 Å². The molecule has 1 fully saturated rings. The van der Waals surface area contributed by atoms with E-state index < -0.39 is 23.3 Å². The molecule has 3 aromatic rings. The molecule has 0 saturated carbocycles. The summed E-state index contributed by atoms with van der Waals surface area (Å²) in [6.45, 7) is 7.30. The minimum absolute atomic E-state index is 0.00221. The van der Waals surface area contributed by atoms with Crippen LogP contribution in [0.2, 0.25) is 10.0 Å². The molecule has 10 heteroatoms. The maximum absolute atomic E-state index is 15.1. The topological polar surface area (TPSA) is 80.5 Å². The second-order valence-corrected chi connectivity index (χ2v) is 10.1. The number of nitrogens with two attached hydrogens (primary N) is 1. The van der Waals surface area contributed by atoms with Crippen molar-refractivity contribution < 1.29 is 18.3 Å². The van der Waals surface area contributed by atoms with Crippen LogP contribution >= 0.6 is 23.2 Å². The average molecular weight is 535 g/mol. The third-order valence-electron chi connectivity index (χ3n) is 6.25. The number of nitrogen functional groups attached to an aromatic ring is 1. The molecule has 6 nitrogen and oxygen atoms in total. The van der Waals surface area contributed by atoms with Crippen LogP contribution in [0.3, 0.4) is 0 Å². The van der Waals surface area contributed by atoms with E-state index in [2.05, 4.69) is 10.3 Å². The third-order valence-corrected chi connectivity index (χ3v) is 6.96. The molecule has 1 aliphatic heterocycles. The lowest BCUT2D eigenvalue weighted by Crippen LogP contribution is -2.59. The normalized spacial score (nSPS) is 16.0. The van der Waals surface area contributed by atoms with Crippen LogP contribution in [0.15, 0.2) is 42.6 Å². The van der Waals surface area contributed by atoms with Gasteiger partial charge in [0.1, 0.15) is 17.7 Å². The van der Waals surface area contributed by atoms with Crippen LogP contribution in [-0.4, -0.2) is 41.0 Å². The van der Waals surface area contributed by atoms with E-state index in [0.717, 1.165) is 0 Å². The van der Waals surface area contributed by atoms with Gasteiger partial charge in [0.15, 0.2) is 11.6 Å². The second kappa shape index (κ2) is 10.2. The molecular weight excluding hydrogens is 509 g/mol. The molecule has 1 atom stereocenters. The zero-order valence-electron chi connectivity index (χ0n) is 20.0. The fraction of sp³-hybridized carbons (Fsp3) is 0.308. The fourth-order valence-electron chi connectivity index (χ4n) is 4.25. The molecule has 36 heavy (non-hydrogen) atoms. The van der Waals surface area contributed by atoms with E-state index in [1.807, 2.05) is 13.8 Å². The van der Waals surface area contributed by atoms with Gasteiger partial charge >= 0.3 is 0 Å². The summed E-state index contributed by atoms with van der Waals surface area (Å²) in [6.07, 6.45) is 0.726. The van der Waals surface area contributed by atoms with Gasteiger partial charge in [-0.1, -0.05) is 29.3 Å². The number of halogens is 4. The highest BCUT2D eigenvalue weighted by Gasteiger charge is 2.34. The smallest absolute Gasteiger partial charge is 0.257 e. The third kappa shape index (κ3) is 5.12. The summed E-state index contributed by atoms with van der Waals surface area (Å²) in [7, 11) is 0. The van der Waals surface area contributed by atoms with Crippen LogP contribution in [-0.2, 0) is 0 Å². The van der Waals surface area contributed by atoms with E-state index in [9.17, 15) is 9.18 Å². The number of hydrogen-bond donors (Lipinski definition) is 2. The quantitative estimate of drug-likeness (QED) is 0.399. The summed E-state index contributed by atoms with van der Waals surface area (Å²) in [5.74, 6) is -1.34.